The average Bonchev–Trinajstić information content (AvgIpc) is 3.19. The van der Waals surface area contributed by atoms with Crippen LogP contribution in [0.5, 0.6) is 5.75 Å². The molecule has 1 heterocycles. The van der Waals surface area contributed by atoms with Crippen LogP contribution in [0.25, 0.3) is 0 Å². The Hall–Kier alpha value is -3.92. The highest BCUT2D eigenvalue weighted by Gasteiger charge is 2.36. The Morgan fingerprint density at radius 3 is 2.28 bits per heavy atom. The average molecular weight is 437 g/mol. The van der Waals surface area contributed by atoms with E-state index < -0.39 is 30.0 Å². The summed E-state index contributed by atoms with van der Waals surface area (Å²) in [6.07, 6.45) is -5.53. The van der Waals surface area contributed by atoms with Gasteiger partial charge in [-0.25, -0.2) is 4.79 Å². The highest BCUT2D eigenvalue weighted by Crippen LogP contribution is 2.38. The number of amides is 1. The van der Waals surface area contributed by atoms with Crippen molar-refractivity contribution in [1.82, 2.24) is 5.32 Å². The smallest absolute Gasteiger partial charge is 0.416 e. The minimum absolute atomic E-state index is 0.261. The van der Waals surface area contributed by atoms with Crippen LogP contribution in [0.2, 0.25) is 0 Å². The van der Waals surface area contributed by atoms with Crippen molar-refractivity contribution in [2.45, 2.75) is 18.3 Å². The summed E-state index contributed by atoms with van der Waals surface area (Å²) < 4.78 is 49.5. The molecule has 162 valence electrons. The second-order valence-electron chi connectivity index (χ2n) is 7.18. The minimum Gasteiger partial charge on any atom is -0.497 e. The maximum Gasteiger partial charge on any atom is 0.416 e. The monoisotopic (exact) mass is 437 g/mol. The molecule has 1 aliphatic heterocycles. The number of benzene rings is 3. The van der Waals surface area contributed by atoms with E-state index in [0.29, 0.717) is 11.3 Å². The summed E-state index contributed by atoms with van der Waals surface area (Å²) in [5.74, 6) is 6.31. The van der Waals surface area contributed by atoms with E-state index in [-0.39, 0.29) is 5.56 Å². The fourth-order valence-electron chi connectivity index (χ4n) is 3.48. The number of alkyl halides is 3. The third-order valence-electron chi connectivity index (χ3n) is 5.02. The Labute approximate surface area is 183 Å². The minimum atomic E-state index is -4.42. The molecule has 0 spiro atoms. The van der Waals surface area contributed by atoms with Gasteiger partial charge in [0.2, 0.25) is 0 Å². The molecule has 0 radical (unpaired) electrons. The third kappa shape index (κ3) is 4.70. The Morgan fingerprint density at radius 2 is 1.56 bits per heavy atom. The number of rotatable bonds is 3. The van der Waals surface area contributed by atoms with Crippen LogP contribution < -0.4 is 10.1 Å². The largest absolute Gasteiger partial charge is 0.497 e. The van der Waals surface area contributed by atoms with Gasteiger partial charge in [0.1, 0.15) is 5.75 Å². The van der Waals surface area contributed by atoms with Crippen molar-refractivity contribution in [2.24, 2.45) is 0 Å². The first-order valence-electron chi connectivity index (χ1n) is 9.74. The molecular formula is C25H18F3NO3. The van der Waals surface area contributed by atoms with E-state index in [4.69, 9.17) is 9.47 Å². The molecule has 4 rings (SSSR count). The maximum absolute atomic E-state index is 12.9. The van der Waals surface area contributed by atoms with Crippen LogP contribution in [0.3, 0.4) is 0 Å². The number of hydrogen-bond donors (Lipinski definition) is 1. The van der Waals surface area contributed by atoms with E-state index >= 15 is 0 Å². The first-order valence-corrected chi connectivity index (χ1v) is 9.74. The fourth-order valence-corrected chi connectivity index (χ4v) is 3.48. The topological polar surface area (TPSA) is 47.6 Å². The number of carbonyl (C=O) groups is 1. The summed E-state index contributed by atoms with van der Waals surface area (Å²) in [7, 11) is 1.56. The van der Waals surface area contributed by atoms with E-state index in [1.807, 2.05) is 18.2 Å². The quantitative estimate of drug-likeness (QED) is 0.540. The highest BCUT2D eigenvalue weighted by atomic mass is 19.4. The van der Waals surface area contributed by atoms with Crippen molar-refractivity contribution in [2.75, 3.05) is 7.11 Å². The Morgan fingerprint density at radius 1 is 0.906 bits per heavy atom. The normalized spacial score (nSPS) is 17.7. The lowest BCUT2D eigenvalue weighted by molar-refractivity contribution is -0.137. The zero-order valence-electron chi connectivity index (χ0n) is 16.9. The molecule has 3 aromatic carbocycles. The number of halogens is 3. The molecule has 0 saturated carbocycles. The van der Waals surface area contributed by atoms with Gasteiger partial charge in [0.05, 0.1) is 18.7 Å². The third-order valence-corrected chi connectivity index (χ3v) is 5.02. The van der Waals surface area contributed by atoms with Gasteiger partial charge in [-0.3, -0.25) is 0 Å². The first-order chi connectivity index (χ1) is 15.3. The van der Waals surface area contributed by atoms with Gasteiger partial charge in [-0.1, -0.05) is 42.2 Å². The van der Waals surface area contributed by atoms with E-state index in [2.05, 4.69) is 17.2 Å². The molecule has 1 saturated heterocycles. The van der Waals surface area contributed by atoms with Crippen molar-refractivity contribution in [3.63, 3.8) is 0 Å². The first kappa shape index (κ1) is 21.3. The van der Waals surface area contributed by atoms with Gasteiger partial charge in [-0.15, -0.1) is 0 Å². The van der Waals surface area contributed by atoms with Crippen molar-refractivity contribution >= 4 is 6.09 Å². The van der Waals surface area contributed by atoms with E-state index in [0.717, 1.165) is 23.3 Å². The molecule has 7 heteroatoms. The van der Waals surface area contributed by atoms with Crippen molar-refractivity contribution in [3.8, 4) is 17.6 Å². The summed E-state index contributed by atoms with van der Waals surface area (Å²) in [5.41, 5.74) is 1.65. The second-order valence-corrected chi connectivity index (χ2v) is 7.18. The molecule has 2 atom stereocenters. The van der Waals surface area contributed by atoms with E-state index in [1.165, 1.54) is 12.1 Å². The lowest BCUT2D eigenvalue weighted by atomic mass is 9.95. The van der Waals surface area contributed by atoms with Crippen LogP contribution >= 0.6 is 0 Å². The number of ether oxygens (including phenoxy) is 2. The van der Waals surface area contributed by atoms with Gasteiger partial charge >= 0.3 is 12.3 Å². The second kappa shape index (κ2) is 8.67. The number of hydrogen-bond acceptors (Lipinski definition) is 3. The van der Waals surface area contributed by atoms with Crippen molar-refractivity contribution in [1.29, 1.82) is 0 Å². The van der Waals surface area contributed by atoms with Crippen molar-refractivity contribution in [3.05, 3.63) is 101 Å². The van der Waals surface area contributed by atoms with E-state index in [1.54, 1.807) is 37.4 Å². The van der Waals surface area contributed by atoms with Crippen LogP contribution in [0.4, 0.5) is 18.0 Å². The summed E-state index contributed by atoms with van der Waals surface area (Å²) in [6.45, 7) is 0. The van der Waals surface area contributed by atoms with Gasteiger partial charge in [0, 0.05) is 11.1 Å². The van der Waals surface area contributed by atoms with Crippen LogP contribution in [-0.4, -0.2) is 13.2 Å². The molecule has 2 unspecified atom stereocenters. The van der Waals surface area contributed by atoms with Crippen molar-refractivity contribution < 1.29 is 27.4 Å². The number of alkyl carbamates (subject to hydrolysis) is 1. The standard InChI is InChI=1S/C25H18F3NO3/c1-31-21-10-4-8-19(15-21)23-22(29-24(30)32-23)18-7-2-5-16(13-18)11-12-17-6-3-9-20(14-17)25(26,27)28/h2-10,13-15,22-23H,1H3,(H,29,30). The summed E-state index contributed by atoms with van der Waals surface area (Å²) in [5, 5.41) is 2.81. The van der Waals surface area contributed by atoms with Gasteiger partial charge in [-0.05, 0) is 53.6 Å². The maximum atomic E-state index is 12.9. The Bertz CT molecular complexity index is 1210. The predicted octanol–water partition coefficient (Wildman–Crippen LogP) is 5.64. The Kier molecular flexibility index (Phi) is 5.78. The van der Waals surface area contributed by atoms with Crippen LogP contribution in [0.15, 0.2) is 72.8 Å². The fraction of sp³-hybridized carbons (Fsp3) is 0.160. The van der Waals surface area contributed by atoms with Gasteiger partial charge < -0.3 is 14.8 Å². The molecule has 1 amide bonds. The van der Waals surface area contributed by atoms with Gasteiger partial charge in [0.15, 0.2) is 6.10 Å². The lowest BCUT2D eigenvalue weighted by Crippen LogP contribution is -2.19. The van der Waals surface area contributed by atoms with Crippen LogP contribution in [0.1, 0.15) is 40.0 Å². The predicted molar refractivity (Wildman–Crippen MR) is 112 cm³/mol. The van der Waals surface area contributed by atoms with Gasteiger partial charge in [0.25, 0.3) is 0 Å². The molecule has 1 N–H and O–H groups in total. The molecule has 32 heavy (non-hydrogen) atoms. The molecular weight excluding hydrogens is 419 g/mol. The number of cyclic esters (lactones) is 1. The zero-order chi connectivity index (χ0) is 22.7. The molecule has 1 fully saturated rings. The summed E-state index contributed by atoms with van der Waals surface area (Å²) >= 11 is 0. The molecule has 0 aromatic heterocycles. The zero-order valence-corrected chi connectivity index (χ0v) is 16.9. The Balaban J connectivity index is 1.62. The summed E-state index contributed by atoms with van der Waals surface area (Å²) in [6, 6.07) is 18.8. The van der Waals surface area contributed by atoms with Crippen LogP contribution in [0, 0.1) is 11.8 Å². The van der Waals surface area contributed by atoms with Crippen LogP contribution in [-0.2, 0) is 10.9 Å². The lowest BCUT2D eigenvalue weighted by Gasteiger charge is -2.18. The molecule has 0 aliphatic carbocycles. The number of nitrogens with one attached hydrogen (secondary N) is 1. The summed E-state index contributed by atoms with van der Waals surface area (Å²) in [4.78, 5) is 12.0. The van der Waals surface area contributed by atoms with E-state index in [9.17, 15) is 18.0 Å². The SMILES string of the molecule is COc1cccc(C2OC(=O)NC2c2cccc(C#Cc3cccc(C(F)(F)F)c3)c2)c1. The van der Waals surface area contributed by atoms with Gasteiger partial charge in [-0.2, -0.15) is 13.2 Å². The molecule has 0 bridgehead atoms. The molecule has 1 aliphatic rings. The molecule has 3 aromatic rings. The highest BCUT2D eigenvalue weighted by molar-refractivity contribution is 5.71. The number of methoxy groups -OCH3 is 1. The molecule has 4 nitrogen and oxygen atoms in total. The number of carbonyl (C=O) groups excluding carboxylic acids is 1.